The molecule has 0 N–H and O–H groups in total. The molecule has 0 radical (unpaired) electrons. The van der Waals surface area contributed by atoms with Crippen molar-refractivity contribution in [1.29, 1.82) is 0 Å². The van der Waals surface area contributed by atoms with E-state index in [9.17, 15) is 4.32 Å². The van der Waals surface area contributed by atoms with Gasteiger partial charge in [-0.3, -0.25) is 0 Å². The zero-order chi connectivity index (χ0) is 51.1. The minimum absolute atomic E-state index is 0.767. The molecule has 2 aromatic heterocycles. The number of benzene rings is 6. The van der Waals surface area contributed by atoms with Gasteiger partial charge in [-0.25, -0.2) is 0 Å². The first kappa shape index (κ1) is 54.5. The Hall–Kier alpha value is -6.83. The Morgan fingerprint density at radius 2 is 0.569 bits per heavy atom. The number of ether oxygens (including phenoxy) is 6. The number of methoxy groups -OCH3 is 4. The Kier molecular flexibility index (Phi) is 21.9. The van der Waals surface area contributed by atoms with E-state index in [1.807, 2.05) is 48.5 Å². The second-order valence-corrected chi connectivity index (χ2v) is 18.7. The van der Waals surface area contributed by atoms with Crippen LogP contribution in [0.5, 0.6) is 34.5 Å². The lowest BCUT2D eigenvalue weighted by atomic mass is 10.0. The van der Waals surface area contributed by atoms with Crippen LogP contribution in [0.1, 0.15) is 52.4 Å². The van der Waals surface area contributed by atoms with Gasteiger partial charge >= 0.3 is 0 Å². The lowest BCUT2D eigenvalue weighted by Gasteiger charge is -2.09. The molecule has 0 aliphatic heterocycles. The number of rotatable bonds is 20. The molecule has 0 aliphatic rings. The van der Waals surface area contributed by atoms with Gasteiger partial charge in [0.05, 0.1) is 41.7 Å². The zero-order valence-corrected chi connectivity index (χ0v) is 43.5. The summed E-state index contributed by atoms with van der Waals surface area (Å²) in [4.78, 5) is 4.80. The van der Waals surface area contributed by atoms with Crippen molar-refractivity contribution >= 4 is 30.1 Å². The molecule has 0 spiro atoms. The van der Waals surface area contributed by atoms with E-state index in [-0.39, 0.29) is 0 Å². The van der Waals surface area contributed by atoms with E-state index in [1.54, 1.807) is 51.1 Å². The fraction of sp³-hybridized carbons (Fsp3) is 0.233. The molecule has 12 heteroatoms. The summed E-state index contributed by atoms with van der Waals surface area (Å²) in [6.45, 7) is 5.94. The van der Waals surface area contributed by atoms with Crippen LogP contribution in [0.2, 0.25) is 0 Å². The fourth-order valence-corrected chi connectivity index (χ4v) is 9.73. The summed E-state index contributed by atoms with van der Waals surface area (Å²) in [5, 5.41) is 16.6. The maximum absolute atomic E-state index is 9.89. The lowest BCUT2D eigenvalue weighted by molar-refractivity contribution is -0.366. The maximum Gasteiger partial charge on any atom is 0.239 e. The Morgan fingerprint density at radius 1 is 0.347 bits per heavy atom. The minimum atomic E-state index is -3.17. The van der Waals surface area contributed by atoms with Crippen LogP contribution >= 0.6 is 22.7 Å². The predicted molar refractivity (Wildman–Crippen MR) is 293 cm³/mol. The third-order valence-electron chi connectivity index (χ3n) is 11.5. The van der Waals surface area contributed by atoms with Crippen molar-refractivity contribution in [2.24, 2.45) is 0 Å². The highest BCUT2D eigenvalue weighted by Crippen LogP contribution is 2.40. The van der Waals surface area contributed by atoms with Crippen LogP contribution in [0.25, 0.3) is 64.0 Å². The molecule has 0 saturated carbocycles. The van der Waals surface area contributed by atoms with E-state index in [0.29, 0.717) is 0 Å². The van der Waals surface area contributed by atoms with Gasteiger partial charge in [-0.05, 0) is 156 Å². The Bertz CT molecular complexity index is 2500. The molecule has 372 valence electrons. The van der Waals surface area contributed by atoms with Crippen molar-refractivity contribution in [2.45, 2.75) is 52.4 Å². The largest absolute Gasteiger partial charge is 0.867 e. The molecule has 0 fully saturated rings. The van der Waals surface area contributed by atoms with Gasteiger partial charge in [0.15, 0.2) is 0 Å². The smallest absolute Gasteiger partial charge is 0.239 e. The number of hydrogen-bond acceptors (Lipinski definition) is 8. The van der Waals surface area contributed by atoms with E-state index in [0.717, 1.165) is 60.6 Å². The Morgan fingerprint density at radius 3 is 0.792 bits per heavy atom. The van der Waals surface area contributed by atoms with Crippen molar-refractivity contribution in [3.63, 3.8) is 0 Å². The Balaban J connectivity index is 0.000000219. The highest BCUT2D eigenvalue weighted by Gasteiger charge is 2.21. The van der Waals surface area contributed by atoms with Crippen LogP contribution in [-0.4, -0.2) is 49.0 Å². The molecule has 6 aromatic carbocycles. The summed E-state index contributed by atoms with van der Waals surface area (Å²) in [5.74, 6) is 5.27. The number of unbranched alkanes of at least 4 members (excludes halogenated alkanes) is 4. The van der Waals surface area contributed by atoms with Crippen molar-refractivity contribution in [3.05, 3.63) is 170 Å². The molecular weight excluding hydrogens is 943 g/mol. The first-order valence-electron chi connectivity index (χ1n) is 24.1. The van der Waals surface area contributed by atoms with Gasteiger partial charge in [-0.15, -0.1) is 0 Å². The molecule has 0 amide bonds. The summed E-state index contributed by atoms with van der Waals surface area (Å²) in [7, 11) is 3.60. The van der Waals surface area contributed by atoms with E-state index in [2.05, 4.69) is 135 Å². The van der Waals surface area contributed by atoms with Gasteiger partial charge in [-0.1, -0.05) is 63.8 Å². The first-order chi connectivity index (χ1) is 35.1. The topological polar surface area (TPSA) is 102 Å². The molecule has 0 aliphatic carbocycles. The molecule has 0 atom stereocenters. The SMILES string of the molecule is CCCCCOc1ccc(-c2cc(-c3ccc(OC)cc3)[s+]c(-c3ccc(OC)cc3)c2)cc1.CCCCCOc1ccc(-c2cc(-c3ccc(OC)cc3)[s+]c(-c3ccc(OC)cc3)c2)cc1.[O-]B([O-])F. The predicted octanol–water partition coefficient (Wildman–Crippen LogP) is 14.9. The summed E-state index contributed by atoms with van der Waals surface area (Å²) >= 11 is 3.55. The lowest BCUT2D eigenvalue weighted by Crippen LogP contribution is -2.39. The van der Waals surface area contributed by atoms with Crippen LogP contribution in [0, 0.1) is 0 Å². The second-order valence-electron chi connectivity index (χ2n) is 16.5. The summed E-state index contributed by atoms with van der Waals surface area (Å²) in [6, 6.07) is 58.8. The van der Waals surface area contributed by atoms with Crippen molar-refractivity contribution in [2.75, 3.05) is 41.7 Å². The molecule has 8 aromatic rings. The van der Waals surface area contributed by atoms with Gasteiger partial charge in [0.25, 0.3) is 0 Å². The summed E-state index contributed by atoms with van der Waals surface area (Å²) in [5.41, 5.74) is 9.34. The normalized spacial score (nSPS) is 10.5. The molecule has 8 nitrogen and oxygen atoms in total. The molecule has 0 unspecified atom stereocenters. The van der Waals surface area contributed by atoms with E-state index in [4.69, 9.17) is 38.5 Å². The van der Waals surface area contributed by atoms with E-state index < -0.39 is 7.40 Å². The van der Waals surface area contributed by atoms with E-state index >= 15 is 0 Å². The van der Waals surface area contributed by atoms with Crippen molar-refractivity contribution < 1.29 is 42.8 Å². The average molecular weight is 1010 g/mol. The van der Waals surface area contributed by atoms with Gasteiger partial charge in [0.2, 0.25) is 42.2 Å². The molecule has 8 rings (SSSR count). The van der Waals surface area contributed by atoms with Gasteiger partial charge in [-0.2, -0.15) is 0 Å². The van der Waals surface area contributed by atoms with Gasteiger partial charge in [0, 0.05) is 46.5 Å². The molecular formula is C60H62BFO8S2. The van der Waals surface area contributed by atoms with Gasteiger partial charge < -0.3 is 42.8 Å². The van der Waals surface area contributed by atoms with Gasteiger partial charge in [0.1, 0.15) is 41.9 Å². The Labute approximate surface area is 433 Å². The molecule has 72 heavy (non-hydrogen) atoms. The van der Waals surface area contributed by atoms with Crippen LogP contribution in [0.15, 0.2) is 170 Å². The molecule has 2 heterocycles. The average Bonchev–Trinajstić information content (AvgIpc) is 3.43. The third-order valence-corrected chi connectivity index (χ3v) is 13.8. The second kappa shape index (κ2) is 28.9. The zero-order valence-electron chi connectivity index (χ0n) is 41.9. The van der Waals surface area contributed by atoms with Crippen molar-refractivity contribution in [1.82, 2.24) is 0 Å². The molecule has 0 bridgehead atoms. The van der Waals surface area contributed by atoms with Crippen LogP contribution in [0.3, 0.4) is 0 Å². The van der Waals surface area contributed by atoms with Crippen molar-refractivity contribution in [3.8, 4) is 98.5 Å². The standard InChI is InChI=1S/2C30H31O3S.BFO2/c2*1-4-5-6-19-33-28-17-7-22(8-18-28)25-20-29(23-9-13-26(31-2)14-10-23)34-30(21-25)24-11-15-27(32-3)16-12-24;2-1(3)4/h2*7-18,20-21H,4-6,19H2,1-3H3;/q2*+1;-2. The molecule has 0 saturated heterocycles. The quantitative estimate of drug-likeness (QED) is 0.0423. The fourth-order valence-electron chi connectivity index (χ4n) is 7.50. The highest BCUT2D eigenvalue weighted by molar-refractivity contribution is 7.18. The minimum Gasteiger partial charge on any atom is -0.867 e. The number of hydrogen-bond donors (Lipinski definition) is 0. The van der Waals surface area contributed by atoms with E-state index in [1.165, 1.54) is 89.7 Å². The monoisotopic (exact) mass is 1000 g/mol. The summed E-state index contributed by atoms with van der Waals surface area (Å²) < 4.78 is 43.1. The third kappa shape index (κ3) is 16.6. The summed E-state index contributed by atoms with van der Waals surface area (Å²) in [6.07, 6.45) is 6.98. The highest BCUT2D eigenvalue weighted by atomic mass is 32.1. The maximum atomic E-state index is 9.89. The van der Waals surface area contributed by atoms with Crippen LogP contribution in [-0.2, 0) is 0 Å². The van der Waals surface area contributed by atoms with Crippen LogP contribution in [0.4, 0.5) is 4.32 Å². The van der Waals surface area contributed by atoms with Crippen LogP contribution < -0.4 is 38.5 Å². The number of halogens is 1. The first-order valence-corrected chi connectivity index (χ1v) is 25.7.